The van der Waals surface area contributed by atoms with Crippen LogP contribution in [-0.2, 0) is 28.6 Å². The number of rotatable bonds is 10. The van der Waals surface area contributed by atoms with Crippen LogP contribution in [0.5, 0.6) is 0 Å². The van der Waals surface area contributed by atoms with Gasteiger partial charge in [-0.2, -0.15) is 5.10 Å². The number of hydrogen-bond donors (Lipinski definition) is 2. The molecular formula is C34H44N6O4. The molecule has 1 saturated heterocycles. The maximum absolute atomic E-state index is 13.6. The van der Waals surface area contributed by atoms with Crippen LogP contribution in [0.4, 0.5) is 11.4 Å². The molecule has 10 nitrogen and oxygen atoms in total. The van der Waals surface area contributed by atoms with Crippen molar-refractivity contribution in [3.8, 4) is 11.1 Å². The van der Waals surface area contributed by atoms with Gasteiger partial charge in [-0.25, -0.2) is 0 Å². The van der Waals surface area contributed by atoms with Gasteiger partial charge in [-0.15, -0.1) is 0 Å². The van der Waals surface area contributed by atoms with Crippen molar-refractivity contribution in [2.45, 2.75) is 52.0 Å². The van der Waals surface area contributed by atoms with Crippen molar-refractivity contribution in [3.05, 3.63) is 65.5 Å². The van der Waals surface area contributed by atoms with Gasteiger partial charge in [-0.05, 0) is 60.8 Å². The molecule has 44 heavy (non-hydrogen) atoms. The number of nitrogens with one attached hydrogen (secondary N) is 1. The van der Waals surface area contributed by atoms with E-state index in [-0.39, 0.29) is 36.1 Å². The third kappa shape index (κ3) is 7.48. The van der Waals surface area contributed by atoms with Gasteiger partial charge in [0.15, 0.2) is 0 Å². The van der Waals surface area contributed by atoms with Crippen LogP contribution in [0.25, 0.3) is 11.1 Å². The van der Waals surface area contributed by atoms with Crippen LogP contribution in [0.3, 0.4) is 0 Å². The van der Waals surface area contributed by atoms with E-state index >= 15 is 0 Å². The number of carbonyl (C=O) groups excluding carboxylic acids is 2. The van der Waals surface area contributed by atoms with Gasteiger partial charge in [-0.1, -0.05) is 45.0 Å². The summed E-state index contributed by atoms with van der Waals surface area (Å²) >= 11 is 0. The Morgan fingerprint density at radius 3 is 2.32 bits per heavy atom. The highest BCUT2D eigenvalue weighted by molar-refractivity contribution is 6.05. The first-order valence-corrected chi connectivity index (χ1v) is 15.4. The first-order valence-electron chi connectivity index (χ1n) is 15.4. The standard InChI is InChI=1S/C34H44N6O4/c1-34(2,3)30-21-29(38(5)36-30)32(43)35-27-20-26(11-12-28(27)39-17-15-37(4)16-18-39)25-8-6-7-23(19-25)22-40(14-13-31(41)42)33(44)24-9-10-24/h6-8,11-12,19-21,24H,9-10,13-18,22H2,1-5H3,(H,35,43)(H,41,42). The molecule has 0 radical (unpaired) electrons. The summed E-state index contributed by atoms with van der Waals surface area (Å²) in [5.41, 5.74) is 5.69. The Morgan fingerprint density at radius 2 is 1.68 bits per heavy atom. The van der Waals surface area contributed by atoms with Gasteiger partial charge < -0.3 is 25.1 Å². The highest BCUT2D eigenvalue weighted by atomic mass is 16.4. The molecule has 0 unspecified atom stereocenters. The number of carboxylic acid groups (broad SMARTS) is 1. The Bertz CT molecular complexity index is 1530. The fraction of sp³-hybridized carbons (Fsp3) is 0.471. The summed E-state index contributed by atoms with van der Waals surface area (Å²) in [6.45, 7) is 10.4. The van der Waals surface area contributed by atoms with Crippen molar-refractivity contribution < 1.29 is 19.5 Å². The number of amides is 2. The number of aryl methyl sites for hydroxylation is 1. The maximum atomic E-state index is 13.6. The lowest BCUT2D eigenvalue weighted by Gasteiger charge is -2.35. The van der Waals surface area contributed by atoms with Crippen LogP contribution in [0.1, 0.15) is 61.8 Å². The van der Waals surface area contributed by atoms with E-state index < -0.39 is 5.97 Å². The molecule has 0 spiro atoms. The minimum Gasteiger partial charge on any atom is -0.481 e. The van der Waals surface area contributed by atoms with Gasteiger partial charge in [0.25, 0.3) is 5.91 Å². The minimum absolute atomic E-state index is 0.0131. The molecule has 234 valence electrons. The Labute approximate surface area is 259 Å². The molecule has 1 aliphatic carbocycles. The summed E-state index contributed by atoms with van der Waals surface area (Å²) in [6.07, 6.45) is 1.66. The Kier molecular flexibility index (Phi) is 9.10. The largest absolute Gasteiger partial charge is 0.481 e. The number of aromatic nitrogens is 2. The Balaban J connectivity index is 1.44. The van der Waals surface area contributed by atoms with Gasteiger partial charge in [0.1, 0.15) is 5.69 Å². The minimum atomic E-state index is -0.914. The number of piperazine rings is 1. The summed E-state index contributed by atoms with van der Waals surface area (Å²) in [4.78, 5) is 44.1. The van der Waals surface area contributed by atoms with Crippen LogP contribution >= 0.6 is 0 Å². The van der Waals surface area contributed by atoms with Gasteiger partial charge in [0, 0.05) is 57.6 Å². The van der Waals surface area contributed by atoms with Gasteiger partial charge in [-0.3, -0.25) is 19.1 Å². The van der Waals surface area contributed by atoms with Gasteiger partial charge in [0.2, 0.25) is 5.91 Å². The zero-order chi connectivity index (χ0) is 31.6. The third-order valence-corrected chi connectivity index (χ3v) is 8.44. The quantitative estimate of drug-likeness (QED) is 0.350. The average molecular weight is 601 g/mol. The summed E-state index contributed by atoms with van der Waals surface area (Å²) in [6, 6.07) is 16.0. The molecule has 2 aromatic carbocycles. The highest BCUT2D eigenvalue weighted by Gasteiger charge is 2.33. The van der Waals surface area contributed by atoms with Crippen LogP contribution in [0, 0.1) is 5.92 Å². The monoisotopic (exact) mass is 600 g/mol. The van der Waals surface area contributed by atoms with E-state index in [9.17, 15) is 19.5 Å². The van der Waals surface area contributed by atoms with Crippen LogP contribution in [-0.4, -0.2) is 82.2 Å². The molecule has 2 amide bonds. The number of nitrogens with zero attached hydrogens (tertiary/aromatic N) is 5. The van der Waals surface area contributed by atoms with E-state index in [1.165, 1.54) is 0 Å². The van der Waals surface area contributed by atoms with Gasteiger partial charge in [0.05, 0.1) is 23.5 Å². The molecule has 3 aromatic rings. The van der Waals surface area contributed by atoms with Crippen molar-refractivity contribution in [3.63, 3.8) is 0 Å². The zero-order valence-corrected chi connectivity index (χ0v) is 26.5. The summed E-state index contributed by atoms with van der Waals surface area (Å²) in [7, 11) is 3.91. The maximum Gasteiger partial charge on any atom is 0.305 e. The van der Waals surface area contributed by atoms with E-state index in [1.807, 2.05) is 36.4 Å². The summed E-state index contributed by atoms with van der Waals surface area (Å²) in [5.74, 6) is -1.09. The van der Waals surface area contributed by atoms with E-state index in [2.05, 4.69) is 60.2 Å². The number of aliphatic carboxylic acids is 1. The van der Waals surface area contributed by atoms with Crippen molar-refractivity contribution >= 4 is 29.2 Å². The molecule has 1 saturated carbocycles. The summed E-state index contributed by atoms with van der Waals surface area (Å²) in [5, 5.41) is 17.0. The highest BCUT2D eigenvalue weighted by Crippen LogP contribution is 2.34. The second-order valence-electron chi connectivity index (χ2n) is 13.1. The first-order chi connectivity index (χ1) is 20.9. The molecule has 1 aliphatic heterocycles. The smallest absolute Gasteiger partial charge is 0.305 e. The van der Waals surface area contributed by atoms with Crippen molar-refractivity contribution in [1.82, 2.24) is 19.6 Å². The zero-order valence-electron chi connectivity index (χ0n) is 26.5. The molecule has 2 aliphatic rings. The van der Waals surface area contributed by atoms with Crippen LogP contribution in [0.2, 0.25) is 0 Å². The number of likely N-dealkylation sites (N-methyl/N-ethyl adjacent to an activating group) is 1. The Hall–Kier alpha value is -4.18. The normalized spacial score (nSPS) is 15.7. The molecule has 0 atom stereocenters. The second-order valence-corrected chi connectivity index (χ2v) is 13.1. The van der Waals surface area contributed by atoms with E-state index in [1.54, 1.807) is 16.6 Å². The summed E-state index contributed by atoms with van der Waals surface area (Å²) < 4.78 is 1.64. The fourth-order valence-electron chi connectivity index (χ4n) is 5.53. The lowest BCUT2D eigenvalue weighted by molar-refractivity contribution is -0.139. The van der Waals surface area contributed by atoms with Gasteiger partial charge >= 0.3 is 5.97 Å². The second kappa shape index (κ2) is 12.8. The number of carbonyl (C=O) groups is 3. The predicted octanol–water partition coefficient (Wildman–Crippen LogP) is 4.60. The lowest BCUT2D eigenvalue weighted by atomic mass is 9.92. The molecule has 0 bridgehead atoms. The number of benzene rings is 2. The molecule has 5 rings (SSSR count). The molecule has 10 heteroatoms. The van der Waals surface area contributed by atoms with Crippen LogP contribution in [0.15, 0.2) is 48.5 Å². The Morgan fingerprint density at radius 1 is 0.977 bits per heavy atom. The SMILES string of the molecule is CN1CCN(c2ccc(-c3cccc(CN(CCC(=O)O)C(=O)C4CC4)c3)cc2NC(=O)c2cc(C(C)(C)C)nn2C)CC1. The molecular weight excluding hydrogens is 556 g/mol. The topological polar surface area (TPSA) is 111 Å². The molecule has 2 N–H and O–H groups in total. The van der Waals surface area contributed by atoms with Crippen LogP contribution < -0.4 is 10.2 Å². The lowest BCUT2D eigenvalue weighted by Crippen LogP contribution is -2.44. The van der Waals surface area contributed by atoms with E-state index in [0.29, 0.717) is 12.2 Å². The number of anilines is 2. The first kappa shape index (κ1) is 31.3. The van der Waals surface area contributed by atoms with Crippen molar-refractivity contribution in [2.75, 3.05) is 50.0 Å². The van der Waals surface area contributed by atoms with Crippen molar-refractivity contribution in [1.29, 1.82) is 0 Å². The molecule has 2 heterocycles. The van der Waals surface area contributed by atoms with E-state index in [4.69, 9.17) is 0 Å². The molecule has 2 fully saturated rings. The number of hydrogen-bond acceptors (Lipinski definition) is 6. The van der Waals surface area contributed by atoms with E-state index in [0.717, 1.165) is 72.8 Å². The average Bonchev–Trinajstić information content (AvgIpc) is 3.75. The number of carboxylic acids is 1. The predicted molar refractivity (Wildman–Crippen MR) is 172 cm³/mol. The molecule has 1 aromatic heterocycles. The third-order valence-electron chi connectivity index (χ3n) is 8.44. The van der Waals surface area contributed by atoms with Crippen molar-refractivity contribution in [2.24, 2.45) is 13.0 Å². The fourth-order valence-corrected chi connectivity index (χ4v) is 5.53.